The van der Waals surface area contributed by atoms with Crippen molar-refractivity contribution in [3.8, 4) is 5.75 Å². The Bertz CT molecular complexity index is 1150. The Balaban J connectivity index is 1.51. The number of aliphatic hydroxyl groups is 1. The van der Waals surface area contributed by atoms with Crippen molar-refractivity contribution < 1.29 is 18.3 Å². The summed E-state index contributed by atoms with van der Waals surface area (Å²) >= 11 is 0. The van der Waals surface area contributed by atoms with Gasteiger partial charge in [0.05, 0.1) is 11.0 Å². The molecule has 5 nitrogen and oxygen atoms in total. The van der Waals surface area contributed by atoms with Crippen LogP contribution in [0, 0.1) is 19.8 Å². The summed E-state index contributed by atoms with van der Waals surface area (Å²) in [5, 5.41) is 10.9. The summed E-state index contributed by atoms with van der Waals surface area (Å²) in [6, 6.07) is 11.1. The molecule has 0 unspecified atom stereocenters. The van der Waals surface area contributed by atoms with Crippen molar-refractivity contribution in [2.75, 3.05) is 13.6 Å². The lowest BCUT2D eigenvalue weighted by atomic mass is 9.56. The zero-order valence-corrected chi connectivity index (χ0v) is 19.0. The minimum Gasteiger partial charge on any atom is -0.486 e. The van der Waals surface area contributed by atoms with Crippen LogP contribution in [0.1, 0.15) is 41.5 Å². The number of hydrogen-bond acceptors (Lipinski definition) is 4. The first-order chi connectivity index (χ1) is 14.7. The molecule has 6 heteroatoms. The number of sulfonamides is 1. The predicted molar refractivity (Wildman–Crippen MR) is 121 cm³/mol. The molecule has 0 spiro atoms. The first-order valence-electron chi connectivity index (χ1n) is 10.9. The highest BCUT2D eigenvalue weighted by Gasteiger charge is 2.59. The number of ether oxygens (including phenoxy) is 1. The maximum absolute atomic E-state index is 13.2. The fraction of sp³-hybridized carbons (Fsp3) is 0.440. The normalized spacial score (nSPS) is 28.5. The zero-order chi connectivity index (χ0) is 22.0. The van der Waals surface area contributed by atoms with E-state index in [0.29, 0.717) is 24.3 Å². The summed E-state index contributed by atoms with van der Waals surface area (Å²) in [4.78, 5) is 0.307. The Kier molecular flexibility index (Phi) is 4.81. The van der Waals surface area contributed by atoms with Gasteiger partial charge < -0.3 is 9.84 Å². The average molecular weight is 440 g/mol. The molecule has 2 aliphatic carbocycles. The molecule has 31 heavy (non-hydrogen) atoms. The van der Waals surface area contributed by atoms with Gasteiger partial charge in [0.25, 0.3) is 0 Å². The Labute approximate surface area is 184 Å². The van der Waals surface area contributed by atoms with Crippen molar-refractivity contribution in [2.45, 2.75) is 55.6 Å². The minimum absolute atomic E-state index is 0.229. The van der Waals surface area contributed by atoms with E-state index >= 15 is 0 Å². The number of aliphatic hydroxyl groups excluding tert-OH is 1. The second kappa shape index (κ2) is 7.19. The van der Waals surface area contributed by atoms with E-state index in [0.717, 1.165) is 34.4 Å². The summed E-state index contributed by atoms with van der Waals surface area (Å²) < 4.78 is 34.2. The molecule has 0 bridgehead atoms. The van der Waals surface area contributed by atoms with Gasteiger partial charge in [-0.2, -0.15) is 0 Å². The molecule has 0 saturated heterocycles. The third kappa shape index (κ3) is 2.99. The second-order valence-corrected chi connectivity index (χ2v) is 11.3. The third-order valence-corrected chi connectivity index (χ3v) is 9.34. The van der Waals surface area contributed by atoms with Crippen LogP contribution in [-0.2, 0) is 15.4 Å². The van der Waals surface area contributed by atoms with E-state index in [4.69, 9.17) is 4.74 Å². The third-order valence-electron chi connectivity index (χ3n) is 7.47. The molecule has 2 aromatic rings. The zero-order valence-electron chi connectivity index (χ0n) is 18.2. The Hall–Kier alpha value is -2.15. The predicted octanol–water partition coefficient (Wildman–Crippen LogP) is 3.81. The molecule has 3 aliphatic rings. The number of benzene rings is 2. The van der Waals surface area contributed by atoms with Gasteiger partial charge in [-0.3, -0.25) is 0 Å². The van der Waals surface area contributed by atoms with Crippen LogP contribution >= 0.6 is 0 Å². The topological polar surface area (TPSA) is 66.8 Å². The van der Waals surface area contributed by atoms with Crippen LogP contribution in [0.3, 0.4) is 0 Å². The maximum Gasteiger partial charge on any atom is 0.242 e. The molecule has 5 rings (SSSR count). The van der Waals surface area contributed by atoms with Gasteiger partial charge in [-0.1, -0.05) is 42.0 Å². The maximum atomic E-state index is 13.2. The van der Waals surface area contributed by atoms with Gasteiger partial charge in [0.1, 0.15) is 11.9 Å². The molecule has 0 radical (unpaired) electrons. The Morgan fingerprint density at radius 1 is 1.13 bits per heavy atom. The Morgan fingerprint density at radius 2 is 1.87 bits per heavy atom. The van der Waals surface area contributed by atoms with Crippen molar-refractivity contribution >= 4 is 16.1 Å². The molecular weight excluding hydrogens is 410 g/mol. The standard InChI is InChI=1S/C25H29NO4S/c1-16-4-11-20(12-5-16)31(28,29)26(3)15-14-25-19-9-8-18-7-6-17(2)23(22(18)25)30-24(25)21(27)13-10-19/h4-9,11-12,19,21,24,27H,10,13-15H2,1-3H3/t19-,21-,24+,25+/m0/s1. The highest BCUT2D eigenvalue weighted by Crippen LogP contribution is 2.59. The lowest BCUT2D eigenvalue weighted by Crippen LogP contribution is -2.55. The molecule has 0 aromatic heterocycles. The lowest BCUT2D eigenvalue weighted by molar-refractivity contribution is -0.0461. The molecule has 164 valence electrons. The lowest BCUT2D eigenvalue weighted by Gasteiger charge is -2.48. The van der Waals surface area contributed by atoms with Crippen LogP contribution in [-0.4, -0.2) is 43.6 Å². The number of rotatable bonds is 5. The average Bonchev–Trinajstić information content (AvgIpc) is 3.12. The van der Waals surface area contributed by atoms with Crippen LogP contribution < -0.4 is 4.74 Å². The van der Waals surface area contributed by atoms with E-state index in [9.17, 15) is 13.5 Å². The molecule has 1 fully saturated rings. The van der Waals surface area contributed by atoms with Gasteiger partial charge in [0, 0.05) is 24.6 Å². The molecule has 0 amide bonds. The fourth-order valence-corrected chi connectivity index (χ4v) is 6.89. The van der Waals surface area contributed by atoms with Crippen LogP contribution in [0.5, 0.6) is 5.75 Å². The van der Waals surface area contributed by atoms with Gasteiger partial charge in [-0.15, -0.1) is 0 Å². The highest BCUT2D eigenvalue weighted by molar-refractivity contribution is 7.89. The summed E-state index contributed by atoms with van der Waals surface area (Å²) in [5.41, 5.74) is 3.97. The number of nitrogens with zero attached hydrogens (tertiary/aromatic N) is 1. The van der Waals surface area contributed by atoms with E-state index in [1.165, 1.54) is 4.31 Å². The van der Waals surface area contributed by atoms with Crippen molar-refractivity contribution in [2.24, 2.45) is 5.92 Å². The van der Waals surface area contributed by atoms with Crippen molar-refractivity contribution in [1.82, 2.24) is 4.31 Å². The molecular formula is C25H29NO4S. The fourth-order valence-electron chi connectivity index (χ4n) is 5.72. The Morgan fingerprint density at radius 3 is 2.61 bits per heavy atom. The number of aryl methyl sites for hydroxylation is 2. The molecule has 1 aliphatic heterocycles. The van der Waals surface area contributed by atoms with Gasteiger partial charge in [0.2, 0.25) is 10.0 Å². The molecule has 1 saturated carbocycles. The smallest absolute Gasteiger partial charge is 0.242 e. The summed E-state index contributed by atoms with van der Waals surface area (Å²) in [6.45, 7) is 4.34. The van der Waals surface area contributed by atoms with Crippen LogP contribution in [0.15, 0.2) is 47.4 Å². The molecule has 1 heterocycles. The van der Waals surface area contributed by atoms with Gasteiger partial charge >= 0.3 is 0 Å². The van der Waals surface area contributed by atoms with E-state index in [1.54, 1.807) is 19.2 Å². The summed E-state index contributed by atoms with van der Waals surface area (Å²) in [7, 11) is -1.94. The molecule has 2 aromatic carbocycles. The monoisotopic (exact) mass is 439 g/mol. The minimum atomic E-state index is -3.59. The van der Waals surface area contributed by atoms with Crippen LogP contribution in [0.4, 0.5) is 0 Å². The number of allylic oxidation sites excluding steroid dienone is 1. The van der Waals surface area contributed by atoms with Gasteiger partial charge in [-0.05, 0) is 62.3 Å². The molecule has 1 N–H and O–H groups in total. The van der Waals surface area contributed by atoms with E-state index in [1.807, 2.05) is 26.0 Å². The van der Waals surface area contributed by atoms with Crippen molar-refractivity contribution in [3.05, 3.63) is 64.7 Å². The van der Waals surface area contributed by atoms with E-state index in [-0.39, 0.29) is 12.0 Å². The van der Waals surface area contributed by atoms with Gasteiger partial charge in [0.15, 0.2) is 0 Å². The first kappa shape index (κ1) is 20.7. The highest BCUT2D eigenvalue weighted by atomic mass is 32.2. The van der Waals surface area contributed by atoms with E-state index in [2.05, 4.69) is 24.3 Å². The van der Waals surface area contributed by atoms with Crippen LogP contribution in [0.25, 0.3) is 6.08 Å². The largest absolute Gasteiger partial charge is 0.486 e. The number of hydrogen-bond donors (Lipinski definition) is 1. The van der Waals surface area contributed by atoms with Crippen LogP contribution in [0.2, 0.25) is 0 Å². The second-order valence-electron chi connectivity index (χ2n) is 9.25. The summed E-state index contributed by atoms with van der Waals surface area (Å²) in [6.07, 6.45) is 5.68. The summed E-state index contributed by atoms with van der Waals surface area (Å²) in [5.74, 6) is 1.11. The van der Waals surface area contributed by atoms with Crippen molar-refractivity contribution in [3.63, 3.8) is 0 Å². The van der Waals surface area contributed by atoms with Crippen molar-refractivity contribution in [1.29, 1.82) is 0 Å². The van der Waals surface area contributed by atoms with Gasteiger partial charge in [-0.25, -0.2) is 12.7 Å². The SMILES string of the molecule is Cc1ccc(S(=O)(=O)N(C)CC[C@@]23c4c5ccc(C)c4O[C@@H]2[C@@H](O)CC[C@@H]3C=C5)cc1. The van der Waals surface area contributed by atoms with E-state index < -0.39 is 21.5 Å². The first-order valence-corrected chi connectivity index (χ1v) is 12.4. The molecule has 4 atom stereocenters. The quantitative estimate of drug-likeness (QED) is 0.769.